The van der Waals surface area contributed by atoms with Gasteiger partial charge in [0.1, 0.15) is 0 Å². The quantitative estimate of drug-likeness (QED) is 0.0242. The Balaban J connectivity index is -0.000000463. The monoisotopic (exact) mass is 631 g/mol. The first-order valence-electron chi connectivity index (χ1n) is 10.2. The molecule has 0 aliphatic heterocycles. The average molecular weight is 632 g/mol. The van der Waals surface area contributed by atoms with Crippen molar-refractivity contribution in [2.45, 2.75) is 60.8 Å². The fourth-order valence-electron chi connectivity index (χ4n) is 3.32. The molecule has 216 valence electrons. The van der Waals surface area contributed by atoms with E-state index < -0.39 is 23.8 Å². The van der Waals surface area contributed by atoms with Gasteiger partial charge < -0.3 is 25.1 Å². The molecule has 0 aliphatic carbocycles. The Labute approximate surface area is 319 Å². The van der Waals surface area contributed by atoms with Gasteiger partial charge in [-0.15, -0.1) is 0 Å². The molecule has 0 spiro atoms. The van der Waals surface area contributed by atoms with Crippen LogP contribution in [-0.2, 0) is 19.0 Å². The van der Waals surface area contributed by atoms with E-state index >= 15 is 0 Å². The van der Waals surface area contributed by atoms with Crippen molar-refractivity contribution in [3.05, 3.63) is 75.7 Å². The van der Waals surface area contributed by atoms with E-state index in [0.29, 0.717) is 28.1 Å². The fraction of sp³-hybridized carbons (Fsp3) is 0.370. The standard InChI is InChI=1S/C23H23N3O8S.4CH4.3Na/c1-13(11-19(23(30)31)14(2)22(28)29)15-3-5-16(6-4-15)20(27)10-8-17-7-9-18(25-26-24)12-21(17)35-34-33-32;;;;;;;/h3-10,12-14,19,32H,11H2,1-2H3,(H,28,29)(H,30,31);4*1H4;;;/q;;;;;3*+1/p-3. The number of azide groups is 1. The summed E-state index contributed by atoms with van der Waals surface area (Å²) in [4.78, 5) is 38.1. The summed E-state index contributed by atoms with van der Waals surface area (Å²) < 4.78 is 4.32. The molecule has 2 aromatic carbocycles. The minimum atomic E-state index is -1.46. The predicted molar refractivity (Wildman–Crippen MR) is 146 cm³/mol. The molecule has 0 radical (unpaired) electrons. The Morgan fingerprint density at radius 3 is 2.02 bits per heavy atom. The molecule has 2 aromatic rings. The molecule has 0 bridgehead atoms. The van der Waals surface area contributed by atoms with E-state index in [-0.39, 0.29) is 142 Å². The molecule has 0 N–H and O–H groups in total. The second kappa shape index (κ2) is 27.8. The fourth-order valence-corrected chi connectivity index (χ4v) is 3.82. The van der Waals surface area contributed by atoms with Crippen molar-refractivity contribution in [2.24, 2.45) is 17.0 Å². The summed E-state index contributed by atoms with van der Waals surface area (Å²) in [5.41, 5.74) is 10.4. The second-order valence-corrected chi connectivity index (χ2v) is 8.36. The predicted octanol–water partition coefficient (Wildman–Crippen LogP) is -4.44. The number of rotatable bonds is 13. The number of ketones is 1. The zero-order chi connectivity index (χ0) is 26.0. The molecule has 0 fully saturated rings. The zero-order valence-corrected chi connectivity index (χ0v) is 28.5. The number of nitrogens with zero attached hydrogens (tertiary/aromatic N) is 3. The summed E-state index contributed by atoms with van der Waals surface area (Å²) >= 11 is 0.583. The van der Waals surface area contributed by atoms with Crippen molar-refractivity contribution in [2.75, 3.05) is 0 Å². The van der Waals surface area contributed by atoms with E-state index in [1.165, 1.54) is 31.2 Å². The van der Waals surface area contributed by atoms with Crippen LogP contribution >= 0.6 is 12.0 Å². The molecular weight excluding hydrogens is 595 g/mol. The molecular formula is C27H36N3Na3O8S. The van der Waals surface area contributed by atoms with Crippen LogP contribution in [0.5, 0.6) is 0 Å². The SMILES string of the molecule is C.C.C.C.CC(CC(C(=O)[O-])C(C)C(=O)[O-])c1ccc(C(=O)C=Cc2ccc(N=[N+]=[N-])cc2SOO[O-])cc1.[Na+].[Na+].[Na+]. The summed E-state index contributed by atoms with van der Waals surface area (Å²) in [5, 5.41) is 39.4. The molecule has 3 unspecified atom stereocenters. The van der Waals surface area contributed by atoms with Crippen molar-refractivity contribution in [3.63, 3.8) is 0 Å². The largest absolute Gasteiger partial charge is 1.00 e. The summed E-state index contributed by atoms with van der Waals surface area (Å²) in [7, 11) is 0. The van der Waals surface area contributed by atoms with Crippen LogP contribution in [0.4, 0.5) is 5.69 Å². The minimum Gasteiger partial charge on any atom is -0.691 e. The van der Waals surface area contributed by atoms with E-state index in [4.69, 9.17) is 5.53 Å². The van der Waals surface area contributed by atoms with Crippen LogP contribution in [0.15, 0.2) is 58.6 Å². The summed E-state index contributed by atoms with van der Waals surface area (Å²) in [6, 6.07) is 11.0. The van der Waals surface area contributed by atoms with Gasteiger partial charge >= 0.3 is 88.7 Å². The number of carbonyl (C=O) groups is 3. The molecule has 0 amide bonds. The van der Waals surface area contributed by atoms with Gasteiger partial charge in [0.15, 0.2) is 5.78 Å². The second-order valence-electron chi connectivity index (χ2n) is 7.62. The molecule has 3 atom stereocenters. The van der Waals surface area contributed by atoms with Crippen LogP contribution in [0.3, 0.4) is 0 Å². The van der Waals surface area contributed by atoms with Gasteiger partial charge in [-0.3, -0.25) is 9.83 Å². The van der Waals surface area contributed by atoms with Gasteiger partial charge in [0, 0.05) is 44.8 Å². The number of carbonyl (C=O) groups excluding carboxylic acids is 3. The number of aliphatic carboxylic acids is 2. The number of benzene rings is 2. The molecule has 11 nitrogen and oxygen atoms in total. The third-order valence-corrected chi connectivity index (χ3v) is 6.03. The topological polar surface area (TPSA) is 188 Å². The van der Waals surface area contributed by atoms with Gasteiger partial charge in [-0.05, 0) is 47.2 Å². The Hall–Kier alpha value is -0.670. The van der Waals surface area contributed by atoms with Gasteiger partial charge in [-0.2, -0.15) is 4.33 Å². The van der Waals surface area contributed by atoms with Gasteiger partial charge in [-0.25, -0.2) is 0 Å². The Bertz CT molecular complexity index is 1160. The van der Waals surface area contributed by atoms with Gasteiger partial charge in [0.25, 0.3) is 0 Å². The summed E-state index contributed by atoms with van der Waals surface area (Å²) in [6.45, 7) is 3.02. The molecule has 0 saturated carbocycles. The number of carboxylic acids is 2. The van der Waals surface area contributed by atoms with Gasteiger partial charge in [0.2, 0.25) is 0 Å². The zero-order valence-electron chi connectivity index (χ0n) is 21.7. The maximum absolute atomic E-state index is 12.6. The first-order valence-corrected chi connectivity index (χ1v) is 11.0. The van der Waals surface area contributed by atoms with Crippen molar-refractivity contribution in [1.29, 1.82) is 0 Å². The van der Waals surface area contributed by atoms with Crippen LogP contribution < -0.4 is 104 Å². The van der Waals surface area contributed by atoms with Crippen molar-refractivity contribution >= 4 is 41.5 Å². The van der Waals surface area contributed by atoms with E-state index in [1.54, 1.807) is 37.3 Å². The first kappa shape index (κ1) is 53.9. The maximum atomic E-state index is 12.6. The summed E-state index contributed by atoms with van der Waals surface area (Å²) in [6.07, 6.45) is 2.82. The molecule has 0 aliphatic rings. The van der Waals surface area contributed by atoms with Gasteiger partial charge in [-0.1, -0.05) is 85.1 Å². The van der Waals surface area contributed by atoms with Crippen LogP contribution in [0, 0.1) is 11.8 Å². The molecule has 15 heteroatoms. The van der Waals surface area contributed by atoms with Crippen LogP contribution in [-0.4, -0.2) is 17.7 Å². The summed E-state index contributed by atoms with van der Waals surface area (Å²) in [5.74, 6) is -5.98. The molecule has 2 rings (SSSR count). The Morgan fingerprint density at radius 2 is 1.55 bits per heavy atom. The van der Waals surface area contributed by atoms with Crippen molar-refractivity contribution in [1.82, 2.24) is 0 Å². The van der Waals surface area contributed by atoms with Gasteiger partial charge in [0.05, 0.1) is 12.0 Å². The smallest absolute Gasteiger partial charge is 0.691 e. The van der Waals surface area contributed by atoms with E-state index in [1.807, 2.05) is 0 Å². The average Bonchev–Trinajstić information content (AvgIpc) is 2.84. The number of carboxylic acid groups (broad SMARTS) is 2. The van der Waals surface area contributed by atoms with Crippen LogP contribution in [0.25, 0.3) is 16.5 Å². The molecule has 0 saturated heterocycles. The molecule has 0 aromatic heterocycles. The number of hydrogen-bond donors (Lipinski definition) is 0. The Kier molecular flexibility index (Phi) is 35.7. The van der Waals surface area contributed by atoms with E-state index in [0.717, 1.165) is 5.56 Å². The third kappa shape index (κ3) is 17.0. The van der Waals surface area contributed by atoms with E-state index in [2.05, 4.69) is 19.4 Å². The van der Waals surface area contributed by atoms with Crippen molar-refractivity contribution < 1.29 is 128 Å². The Morgan fingerprint density at radius 1 is 0.976 bits per heavy atom. The normalized spacial score (nSPS) is 11.3. The molecule has 0 heterocycles. The number of hydrogen-bond acceptors (Lipinski definition) is 10. The minimum absolute atomic E-state index is 0. The van der Waals surface area contributed by atoms with Crippen molar-refractivity contribution in [3.8, 4) is 0 Å². The van der Waals surface area contributed by atoms with E-state index in [9.17, 15) is 29.9 Å². The number of allylic oxidation sites excluding steroid dienone is 1. The molecule has 42 heavy (non-hydrogen) atoms. The third-order valence-electron chi connectivity index (χ3n) is 5.37. The van der Waals surface area contributed by atoms with Crippen LogP contribution in [0.2, 0.25) is 0 Å². The first-order chi connectivity index (χ1) is 16.7. The van der Waals surface area contributed by atoms with Crippen LogP contribution in [0.1, 0.15) is 77.4 Å². The maximum Gasteiger partial charge on any atom is 1.00 e.